The maximum atomic E-state index is 11.5. The minimum absolute atomic E-state index is 0.0168. The molecule has 0 aromatic carbocycles. The van der Waals surface area contributed by atoms with Crippen LogP contribution in [0.15, 0.2) is 12.1 Å². The number of nitro groups is 1. The van der Waals surface area contributed by atoms with Gasteiger partial charge in [-0.15, -0.1) is 0 Å². The molecule has 0 fully saturated rings. The molecule has 1 rings (SSSR count). The van der Waals surface area contributed by atoms with Crippen LogP contribution in [-0.2, 0) is 0 Å². The molecule has 0 saturated heterocycles. The maximum absolute atomic E-state index is 11.5. The third-order valence-corrected chi connectivity index (χ3v) is 2.87. The monoisotopic (exact) mass is 243 g/mol. The number of rotatable bonds is 6. The quantitative estimate of drug-likeness (QED) is 0.443. The highest BCUT2D eigenvalue weighted by Gasteiger charge is 2.14. The van der Waals surface area contributed by atoms with Crippen LogP contribution in [0.4, 0.5) is 5.00 Å². The summed E-state index contributed by atoms with van der Waals surface area (Å²) >= 11 is 0.881. The fourth-order valence-corrected chi connectivity index (χ4v) is 1.81. The highest BCUT2D eigenvalue weighted by atomic mass is 32.1. The minimum atomic E-state index is -0.500. The molecule has 1 aromatic heterocycles. The van der Waals surface area contributed by atoms with E-state index in [9.17, 15) is 14.9 Å². The molecule has 0 spiro atoms. The lowest BCUT2D eigenvalue weighted by molar-refractivity contribution is -0.380. The van der Waals surface area contributed by atoms with Gasteiger partial charge in [-0.25, -0.2) is 0 Å². The molecule has 0 aliphatic rings. The van der Waals surface area contributed by atoms with Gasteiger partial charge in [-0.2, -0.15) is 0 Å². The lowest BCUT2D eigenvalue weighted by atomic mass is 10.4. The molecule has 0 unspecified atom stereocenters. The summed E-state index contributed by atoms with van der Waals surface area (Å²) in [6.45, 7) is 4.03. The van der Waals surface area contributed by atoms with Gasteiger partial charge < -0.3 is 10.6 Å². The Morgan fingerprint density at radius 1 is 1.50 bits per heavy atom. The van der Waals surface area contributed by atoms with Crippen LogP contribution in [0.3, 0.4) is 0 Å². The number of carbonyl (C=O) groups excluding carboxylic acids is 1. The van der Waals surface area contributed by atoms with Crippen LogP contribution in [0, 0.1) is 10.1 Å². The number of carbonyl (C=O) groups is 1. The topological polar surface area (TPSA) is 84.3 Å². The van der Waals surface area contributed by atoms with E-state index in [1.807, 2.05) is 6.92 Å². The Labute approximate surface area is 96.8 Å². The van der Waals surface area contributed by atoms with Gasteiger partial charge in [-0.3, -0.25) is 14.9 Å². The summed E-state index contributed by atoms with van der Waals surface area (Å²) in [7, 11) is 0. The maximum Gasteiger partial charge on any atom is 0.324 e. The minimum Gasteiger partial charge on any atom is -0.350 e. The summed E-state index contributed by atoms with van der Waals surface area (Å²) in [4.78, 5) is 21.8. The first-order valence-electron chi connectivity index (χ1n) is 4.88. The van der Waals surface area contributed by atoms with Gasteiger partial charge in [0.25, 0.3) is 5.91 Å². The number of hydrogen-bond donors (Lipinski definition) is 2. The van der Waals surface area contributed by atoms with Crippen molar-refractivity contribution in [2.75, 3.05) is 19.6 Å². The summed E-state index contributed by atoms with van der Waals surface area (Å²) in [5, 5.41) is 16.1. The van der Waals surface area contributed by atoms with Gasteiger partial charge in [0, 0.05) is 19.2 Å². The first-order valence-corrected chi connectivity index (χ1v) is 5.70. The predicted octanol–water partition coefficient (Wildman–Crippen LogP) is 0.996. The lowest BCUT2D eigenvalue weighted by Gasteiger charge is -2.02. The lowest BCUT2D eigenvalue weighted by Crippen LogP contribution is -2.31. The predicted molar refractivity (Wildman–Crippen MR) is 61.9 cm³/mol. The molecule has 1 heterocycles. The Morgan fingerprint density at radius 3 is 2.81 bits per heavy atom. The zero-order valence-electron chi connectivity index (χ0n) is 8.86. The molecule has 16 heavy (non-hydrogen) atoms. The highest BCUT2D eigenvalue weighted by molar-refractivity contribution is 7.17. The normalized spacial score (nSPS) is 10.1. The molecule has 0 aliphatic heterocycles. The van der Waals surface area contributed by atoms with Crippen molar-refractivity contribution in [1.29, 1.82) is 0 Å². The van der Waals surface area contributed by atoms with Crippen LogP contribution < -0.4 is 10.6 Å². The second-order valence-electron chi connectivity index (χ2n) is 3.00. The standard InChI is InChI=1S/C9H13N3O3S/c1-2-10-5-6-11-9(13)7-3-4-8(16-7)12(14)15/h3-4,10H,2,5-6H2,1H3,(H,11,13). The number of nitrogens with one attached hydrogen (secondary N) is 2. The largest absolute Gasteiger partial charge is 0.350 e. The SMILES string of the molecule is CCNCCNC(=O)c1ccc([N+](=O)[O-])s1. The zero-order valence-corrected chi connectivity index (χ0v) is 9.67. The Bertz CT molecular complexity index is 378. The van der Waals surface area contributed by atoms with E-state index in [4.69, 9.17) is 0 Å². The van der Waals surface area contributed by atoms with Gasteiger partial charge in [0.2, 0.25) is 0 Å². The number of likely N-dealkylation sites (N-methyl/N-ethyl adjacent to an activating group) is 1. The van der Waals surface area contributed by atoms with Crippen molar-refractivity contribution >= 4 is 22.2 Å². The average Bonchev–Trinajstić information content (AvgIpc) is 2.73. The van der Waals surface area contributed by atoms with Crippen molar-refractivity contribution in [3.8, 4) is 0 Å². The van der Waals surface area contributed by atoms with Crippen molar-refractivity contribution < 1.29 is 9.72 Å². The van der Waals surface area contributed by atoms with E-state index in [0.29, 0.717) is 18.0 Å². The molecule has 0 radical (unpaired) electrons. The second-order valence-corrected chi connectivity index (χ2v) is 4.07. The van der Waals surface area contributed by atoms with Crippen molar-refractivity contribution in [3.63, 3.8) is 0 Å². The summed E-state index contributed by atoms with van der Waals surface area (Å²) < 4.78 is 0. The highest BCUT2D eigenvalue weighted by Crippen LogP contribution is 2.23. The smallest absolute Gasteiger partial charge is 0.324 e. The molecule has 6 nitrogen and oxygen atoms in total. The van der Waals surface area contributed by atoms with Crippen molar-refractivity contribution in [2.24, 2.45) is 0 Å². The van der Waals surface area contributed by atoms with Gasteiger partial charge in [-0.1, -0.05) is 18.3 Å². The number of nitrogens with zero attached hydrogens (tertiary/aromatic N) is 1. The Kier molecular flexibility index (Phi) is 4.87. The van der Waals surface area contributed by atoms with Gasteiger partial charge >= 0.3 is 5.00 Å². The van der Waals surface area contributed by atoms with E-state index in [1.54, 1.807) is 0 Å². The zero-order chi connectivity index (χ0) is 12.0. The summed E-state index contributed by atoms with van der Waals surface area (Å²) in [5.41, 5.74) is 0. The third kappa shape index (κ3) is 3.59. The van der Waals surface area contributed by atoms with Gasteiger partial charge in [-0.05, 0) is 12.6 Å². The number of amides is 1. The average molecular weight is 243 g/mol. The molecule has 1 aromatic rings. The molecule has 0 saturated carbocycles. The van der Waals surface area contributed by atoms with Crippen LogP contribution in [0.2, 0.25) is 0 Å². The Morgan fingerprint density at radius 2 is 2.25 bits per heavy atom. The number of thiophene rings is 1. The van der Waals surface area contributed by atoms with E-state index < -0.39 is 4.92 Å². The summed E-state index contributed by atoms with van der Waals surface area (Å²) in [6.07, 6.45) is 0. The Hall–Kier alpha value is -1.47. The molecule has 0 bridgehead atoms. The molecule has 0 aliphatic carbocycles. The van der Waals surface area contributed by atoms with Crippen LogP contribution in [0.5, 0.6) is 0 Å². The van der Waals surface area contributed by atoms with E-state index in [-0.39, 0.29) is 10.9 Å². The van der Waals surface area contributed by atoms with Crippen LogP contribution in [0.25, 0.3) is 0 Å². The van der Waals surface area contributed by atoms with E-state index in [2.05, 4.69) is 10.6 Å². The van der Waals surface area contributed by atoms with E-state index in [1.165, 1.54) is 12.1 Å². The number of hydrogen-bond acceptors (Lipinski definition) is 5. The van der Waals surface area contributed by atoms with Gasteiger partial charge in [0.1, 0.15) is 0 Å². The molecule has 88 valence electrons. The van der Waals surface area contributed by atoms with Gasteiger partial charge in [0.15, 0.2) is 0 Å². The molecule has 2 N–H and O–H groups in total. The summed E-state index contributed by atoms with van der Waals surface area (Å²) in [6, 6.07) is 2.80. The van der Waals surface area contributed by atoms with Crippen molar-refractivity contribution in [3.05, 3.63) is 27.1 Å². The molecule has 1 amide bonds. The Balaban J connectivity index is 2.43. The fourth-order valence-electron chi connectivity index (χ4n) is 1.08. The molecular weight excluding hydrogens is 230 g/mol. The first kappa shape index (κ1) is 12.6. The van der Waals surface area contributed by atoms with Crippen LogP contribution in [-0.4, -0.2) is 30.5 Å². The van der Waals surface area contributed by atoms with Gasteiger partial charge in [0.05, 0.1) is 9.80 Å². The second kappa shape index (κ2) is 6.19. The molecule has 7 heteroatoms. The summed E-state index contributed by atoms with van der Waals surface area (Å²) in [5.74, 6) is -0.268. The fraction of sp³-hybridized carbons (Fsp3) is 0.444. The third-order valence-electron chi connectivity index (χ3n) is 1.83. The van der Waals surface area contributed by atoms with Crippen molar-refractivity contribution in [1.82, 2.24) is 10.6 Å². The van der Waals surface area contributed by atoms with Crippen LogP contribution in [0.1, 0.15) is 16.6 Å². The van der Waals surface area contributed by atoms with Crippen molar-refractivity contribution in [2.45, 2.75) is 6.92 Å². The molecule has 0 atom stereocenters. The molecular formula is C9H13N3O3S. The van der Waals surface area contributed by atoms with E-state index in [0.717, 1.165) is 17.9 Å². The first-order chi connectivity index (χ1) is 7.65. The van der Waals surface area contributed by atoms with Crippen LogP contribution >= 0.6 is 11.3 Å². The van der Waals surface area contributed by atoms with E-state index >= 15 is 0 Å².